The third-order valence-electron chi connectivity index (χ3n) is 4.92. The molecule has 0 aliphatic rings. The maximum atomic E-state index is 13.6. The van der Waals surface area contributed by atoms with Crippen molar-refractivity contribution in [2.75, 3.05) is 0 Å². The van der Waals surface area contributed by atoms with Gasteiger partial charge in [-0.2, -0.15) is 0 Å². The number of carbonyl (C=O) groups is 2. The maximum absolute atomic E-state index is 13.6. The van der Waals surface area contributed by atoms with Crippen LogP contribution in [0.5, 0.6) is 5.75 Å². The minimum atomic E-state index is -1.13. The van der Waals surface area contributed by atoms with E-state index in [1.165, 1.54) is 22.8 Å². The van der Waals surface area contributed by atoms with Gasteiger partial charge in [0.15, 0.2) is 11.6 Å². The van der Waals surface area contributed by atoms with Crippen molar-refractivity contribution < 1.29 is 28.2 Å². The van der Waals surface area contributed by atoms with Crippen molar-refractivity contribution in [2.24, 2.45) is 0 Å². The monoisotopic (exact) mass is 401 g/mol. The summed E-state index contributed by atoms with van der Waals surface area (Å²) in [5.74, 6) is -3.22. The van der Waals surface area contributed by atoms with Gasteiger partial charge in [-0.3, -0.25) is 14.2 Å². The van der Waals surface area contributed by atoms with Crippen LogP contribution in [0.25, 0.3) is 10.9 Å². The lowest BCUT2D eigenvalue weighted by Gasteiger charge is -2.11. The van der Waals surface area contributed by atoms with E-state index in [-0.39, 0.29) is 23.8 Å². The van der Waals surface area contributed by atoms with E-state index < -0.39 is 23.5 Å². The lowest BCUT2D eigenvalue weighted by molar-refractivity contribution is -0.147. The van der Waals surface area contributed by atoms with Crippen LogP contribution >= 0.6 is 0 Å². The summed E-state index contributed by atoms with van der Waals surface area (Å²) < 4.78 is 33.5. The van der Waals surface area contributed by atoms with Crippen LogP contribution in [0, 0.1) is 18.6 Å². The van der Waals surface area contributed by atoms with Crippen molar-refractivity contribution in [2.45, 2.75) is 39.7 Å². The number of benzene rings is 2. The van der Waals surface area contributed by atoms with Crippen molar-refractivity contribution >= 4 is 22.8 Å². The Kier molecular flexibility index (Phi) is 5.68. The number of rotatable bonds is 5. The van der Waals surface area contributed by atoms with Gasteiger partial charge >= 0.3 is 5.97 Å². The summed E-state index contributed by atoms with van der Waals surface area (Å²) >= 11 is 0. The van der Waals surface area contributed by atoms with Crippen LogP contribution < -0.4 is 0 Å². The molecule has 3 rings (SSSR count). The fourth-order valence-electron chi connectivity index (χ4n) is 3.21. The molecule has 0 radical (unpaired) electrons. The summed E-state index contributed by atoms with van der Waals surface area (Å²) in [7, 11) is 0. The number of ether oxygens (including phenoxy) is 1. The molecule has 0 saturated carbocycles. The van der Waals surface area contributed by atoms with E-state index in [4.69, 9.17) is 4.74 Å². The van der Waals surface area contributed by atoms with E-state index in [0.717, 1.165) is 12.1 Å². The molecular weight excluding hydrogens is 380 g/mol. The first-order valence-electron chi connectivity index (χ1n) is 9.25. The molecule has 0 unspecified atom stereocenters. The Hall–Kier alpha value is -3.22. The van der Waals surface area contributed by atoms with Crippen LogP contribution in [-0.4, -0.2) is 27.7 Å². The molecule has 1 aromatic heterocycles. The molecule has 1 heterocycles. The van der Waals surface area contributed by atoms with Gasteiger partial charge in [0.1, 0.15) is 5.75 Å². The van der Waals surface area contributed by atoms with Crippen LogP contribution in [-0.2, 0) is 16.0 Å². The number of phenolic OH excluding ortho intramolecular Hbond substituents is 1. The molecule has 1 N–H and O–H groups in total. The summed E-state index contributed by atoms with van der Waals surface area (Å²) in [6.45, 7) is 5.33. The number of carbonyl (C=O) groups excluding carboxylic acids is 2. The number of hydrogen-bond acceptors (Lipinski definition) is 4. The summed E-state index contributed by atoms with van der Waals surface area (Å²) in [6, 6.07) is 7.34. The van der Waals surface area contributed by atoms with E-state index in [9.17, 15) is 23.5 Å². The zero-order valence-electron chi connectivity index (χ0n) is 16.3. The predicted octanol–water partition coefficient (Wildman–Crippen LogP) is 4.51. The topological polar surface area (TPSA) is 68.5 Å². The molecule has 3 aromatic rings. The van der Waals surface area contributed by atoms with Crippen LogP contribution in [0.1, 0.15) is 41.9 Å². The van der Waals surface area contributed by atoms with Gasteiger partial charge in [-0.15, -0.1) is 0 Å². The van der Waals surface area contributed by atoms with E-state index in [1.54, 1.807) is 19.9 Å². The number of halogens is 2. The Morgan fingerprint density at radius 2 is 1.86 bits per heavy atom. The molecule has 0 spiro atoms. The van der Waals surface area contributed by atoms with Crippen LogP contribution in [0.3, 0.4) is 0 Å². The van der Waals surface area contributed by atoms with Gasteiger partial charge in [-0.25, -0.2) is 8.78 Å². The fraction of sp³-hybridized carbons (Fsp3) is 0.273. The standard InChI is InChI=1S/C22H21F2NO4/c1-4-12(2)29-21(27)11-16-13(3)25(20-8-6-15(26)10-17(16)20)22(28)14-5-7-18(23)19(24)9-14/h5-10,12,26H,4,11H2,1-3H3/t12-/m1/s1. The first kappa shape index (κ1) is 20.5. The van der Waals surface area contributed by atoms with E-state index in [0.29, 0.717) is 28.6 Å². The van der Waals surface area contributed by atoms with E-state index in [2.05, 4.69) is 0 Å². The minimum absolute atomic E-state index is 0.0218. The van der Waals surface area contributed by atoms with Gasteiger partial charge in [0.25, 0.3) is 5.91 Å². The molecule has 152 valence electrons. The van der Waals surface area contributed by atoms with Gasteiger partial charge in [0, 0.05) is 16.6 Å². The summed E-state index contributed by atoms with van der Waals surface area (Å²) in [5.41, 5.74) is 1.40. The van der Waals surface area contributed by atoms with E-state index >= 15 is 0 Å². The normalized spacial score (nSPS) is 12.2. The molecule has 2 aromatic carbocycles. The van der Waals surface area contributed by atoms with Gasteiger partial charge in [-0.05, 0) is 62.2 Å². The Balaban J connectivity index is 2.10. The van der Waals surface area contributed by atoms with Gasteiger partial charge < -0.3 is 9.84 Å². The van der Waals surface area contributed by atoms with Crippen molar-refractivity contribution in [1.82, 2.24) is 4.57 Å². The quantitative estimate of drug-likeness (QED) is 0.639. The highest BCUT2D eigenvalue weighted by molar-refractivity contribution is 6.05. The number of nitrogens with zero attached hydrogens (tertiary/aromatic N) is 1. The zero-order chi connectivity index (χ0) is 21.3. The molecule has 0 bridgehead atoms. The van der Waals surface area contributed by atoms with Crippen molar-refractivity contribution in [3.8, 4) is 5.75 Å². The minimum Gasteiger partial charge on any atom is -0.508 e. The van der Waals surface area contributed by atoms with E-state index in [1.807, 2.05) is 6.92 Å². The van der Waals surface area contributed by atoms with Gasteiger partial charge in [0.2, 0.25) is 0 Å². The molecule has 0 saturated heterocycles. The maximum Gasteiger partial charge on any atom is 0.310 e. The van der Waals surface area contributed by atoms with Gasteiger partial charge in [-0.1, -0.05) is 6.92 Å². The predicted molar refractivity (Wildman–Crippen MR) is 104 cm³/mol. The molecule has 0 amide bonds. The highest BCUT2D eigenvalue weighted by Gasteiger charge is 2.23. The Labute approximate surface area is 166 Å². The average molecular weight is 401 g/mol. The Morgan fingerprint density at radius 1 is 1.14 bits per heavy atom. The third-order valence-corrected chi connectivity index (χ3v) is 4.92. The summed E-state index contributed by atoms with van der Waals surface area (Å²) in [5, 5.41) is 10.4. The van der Waals surface area contributed by atoms with Gasteiger partial charge in [0.05, 0.1) is 18.0 Å². The number of aromatic hydroxyl groups is 1. The molecule has 29 heavy (non-hydrogen) atoms. The molecule has 0 fully saturated rings. The summed E-state index contributed by atoms with van der Waals surface area (Å²) in [6.07, 6.45) is 0.337. The average Bonchev–Trinajstić information content (AvgIpc) is 2.94. The largest absolute Gasteiger partial charge is 0.508 e. The smallest absolute Gasteiger partial charge is 0.310 e. The SMILES string of the molecule is CC[C@@H](C)OC(=O)Cc1c(C)n(C(=O)c2ccc(F)c(F)c2)c2ccc(O)cc12. The Morgan fingerprint density at radius 3 is 2.52 bits per heavy atom. The molecule has 0 aliphatic carbocycles. The van der Waals surface area contributed by atoms with Crippen molar-refractivity contribution in [3.63, 3.8) is 0 Å². The summed E-state index contributed by atoms with van der Waals surface area (Å²) in [4.78, 5) is 25.4. The highest BCUT2D eigenvalue weighted by atomic mass is 19.2. The molecule has 0 aliphatic heterocycles. The number of aromatic nitrogens is 1. The molecular formula is C22H21F2NO4. The molecule has 7 heteroatoms. The zero-order valence-corrected chi connectivity index (χ0v) is 16.3. The van der Waals surface area contributed by atoms with Crippen LogP contribution in [0.15, 0.2) is 36.4 Å². The first-order valence-corrected chi connectivity index (χ1v) is 9.25. The lowest BCUT2D eigenvalue weighted by Crippen LogP contribution is -2.17. The second kappa shape index (κ2) is 8.03. The number of hydrogen-bond donors (Lipinski definition) is 1. The highest BCUT2D eigenvalue weighted by Crippen LogP contribution is 2.30. The number of fused-ring (bicyclic) bond motifs is 1. The molecule has 5 nitrogen and oxygen atoms in total. The third kappa shape index (κ3) is 3.99. The first-order chi connectivity index (χ1) is 13.7. The second-order valence-electron chi connectivity index (χ2n) is 6.92. The number of esters is 1. The van der Waals surface area contributed by atoms with Crippen LogP contribution in [0.4, 0.5) is 8.78 Å². The molecule has 1 atom stereocenters. The van der Waals surface area contributed by atoms with Crippen molar-refractivity contribution in [3.05, 3.63) is 64.9 Å². The Bertz CT molecular complexity index is 1100. The lowest BCUT2D eigenvalue weighted by atomic mass is 10.1. The van der Waals surface area contributed by atoms with Crippen LogP contribution in [0.2, 0.25) is 0 Å². The number of phenols is 1. The van der Waals surface area contributed by atoms with Crippen molar-refractivity contribution in [1.29, 1.82) is 0 Å². The fourth-order valence-corrected chi connectivity index (χ4v) is 3.21. The second-order valence-corrected chi connectivity index (χ2v) is 6.92.